The normalized spacial score (nSPS) is 13.6. The molecule has 202 valence electrons. The molecule has 39 heavy (non-hydrogen) atoms. The minimum Gasteiger partial charge on any atom is -0.495 e. The lowest BCUT2D eigenvalue weighted by Gasteiger charge is -2.23. The highest BCUT2D eigenvalue weighted by Gasteiger charge is 2.22. The number of anilines is 3. The number of carbonyl (C=O) groups excluding carboxylic acids is 2. The smallest absolute Gasteiger partial charge is 0.251 e. The highest BCUT2D eigenvalue weighted by molar-refractivity contribution is 5.99. The molecule has 1 aliphatic rings. The predicted molar refractivity (Wildman–Crippen MR) is 146 cm³/mol. The number of amides is 2. The maximum absolute atomic E-state index is 12.1. The fourth-order valence-corrected chi connectivity index (χ4v) is 4.37. The van der Waals surface area contributed by atoms with Crippen molar-refractivity contribution in [3.8, 4) is 22.8 Å². The van der Waals surface area contributed by atoms with Crippen molar-refractivity contribution in [3.63, 3.8) is 0 Å². The van der Waals surface area contributed by atoms with Crippen LogP contribution in [0.4, 0.5) is 17.5 Å². The molecule has 0 saturated carbocycles. The van der Waals surface area contributed by atoms with Crippen LogP contribution >= 0.6 is 0 Å². The Labute approximate surface area is 224 Å². The molecule has 0 atom stereocenters. The molecule has 5 rings (SSSR count). The third kappa shape index (κ3) is 5.75. The monoisotopic (exact) mass is 531 g/mol. The Balaban J connectivity index is 1.55. The number of fused-ring (bicyclic) bond motifs is 1. The maximum atomic E-state index is 12.1. The number of H-pyrrole nitrogens is 1. The second kappa shape index (κ2) is 11.4. The van der Waals surface area contributed by atoms with Gasteiger partial charge in [0.1, 0.15) is 23.3 Å². The van der Waals surface area contributed by atoms with Gasteiger partial charge in [0.15, 0.2) is 0 Å². The Hall–Kier alpha value is -4.71. The molecule has 3 aromatic heterocycles. The van der Waals surface area contributed by atoms with Crippen LogP contribution in [-0.2, 0) is 9.53 Å². The molecule has 0 spiro atoms. The Kier molecular flexibility index (Phi) is 7.55. The van der Waals surface area contributed by atoms with E-state index in [1.165, 1.54) is 14.0 Å². The zero-order valence-corrected chi connectivity index (χ0v) is 21.8. The molecule has 12 heteroatoms. The number of aromatic nitrogens is 4. The summed E-state index contributed by atoms with van der Waals surface area (Å²) in [5.74, 6) is 1.16. The van der Waals surface area contributed by atoms with Gasteiger partial charge >= 0.3 is 0 Å². The number of nitrogens with one attached hydrogen (secondary N) is 4. The minimum atomic E-state index is -0.221. The van der Waals surface area contributed by atoms with Crippen LogP contribution < -0.4 is 25.4 Å². The molecule has 4 heterocycles. The number of nitrogens with zero attached hydrogens (tertiary/aromatic N) is 3. The van der Waals surface area contributed by atoms with Crippen LogP contribution in [0.3, 0.4) is 0 Å². The summed E-state index contributed by atoms with van der Waals surface area (Å²) >= 11 is 0. The summed E-state index contributed by atoms with van der Waals surface area (Å²) < 4.78 is 17.4. The van der Waals surface area contributed by atoms with Gasteiger partial charge in [-0.05, 0) is 35.9 Å². The van der Waals surface area contributed by atoms with E-state index in [4.69, 9.17) is 19.2 Å². The second-order valence-electron chi connectivity index (χ2n) is 8.94. The molecule has 4 aromatic rings. The lowest BCUT2D eigenvalue weighted by atomic mass is 10.1. The number of rotatable bonds is 8. The molecule has 0 unspecified atom stereocenters. The molecule has 2 amide bonds. The van der Waals surface area contributed by atoms with Crippen molar-refractivity contribution in [2.24, 2.45) is 0 Å². The topological polar surface area (TPSA) is 152 Å². The van der Waals surface area contributed by atoms with Crippen LogP contribution in [0.15, 0.2) is 42.7 Å². The van der Waals surface area contributed by atoms with Crippen molar-refractivity contribution in [1.82, 2.24) is 25.3 Å². The van der Waals surface area contributed by atoms with Gasteiger partial charge in [-0.25, -0.2) is 4.98 Å². The van der Waals surface area contributed by atoms with Crippen LogP contribution in [0, 0.1) is 0 Å². The Bertz CT molecular complexity index is 1510. The summed E-state index contributed by atoms with van der Waals surface area (Å²) in [6.07, 6.45) is 4.87. The predicted octanol–water partition coefficient (Wildman–Crippen LogP) is 3.65. The van der Waals surface area contributed by atoms with E-state index in [2.05, 4.69) is 30.9 Å². The van der Waals surface area contributed by atoms with E-state index in [1.54, 1.807) is 37.5 Å². The first-order valence-corrected chi connectivity index (χ1v) is 12.5. The van der Waals surface area contributed by atoms with Crippen molar-refractivity contribution in [2.75, 3.05) is 38.0 Å². The number of ether oxygens (including phenoxy) is 3. The van der Waals surface area contributed by atoms with E-state index in [1.807, 2.05) is 12.3 Å². The maximum Gasteiger partial charge on any atom is 0.251 e. The number of pyridine rings is 1. The minimum absolute atomic E-state index is 0.0683. The van der Waals surface area contributed by atoms with Crippen molar-refractivity contribution < 1.29 is 23.8 Å². The molecule has 1 saturated heterocycles. The average molecular weight is 532 g/mol. The summed E-state index contributed by atoms with van der Waals surface area (Å²) in [6.45, 7) is 2.66. The molecule has 0 aliphatic carbocycles. The van der Waals surface area contributed by atoms with E-state index in [9.17, 15) is 9.59 Å². The van der Waals surface area contributed by atoms with Gasteiger partial charge in [0.05, 0.1) is 31.4 Å². The average Bonchev–Trinajstić information content (AvgIpc) is 3.37. The summed E-state index contributed by atoms with van der Waals surface area (Å²) in [4.78, 5) is 40.5. The van der Waals surface area contributed by atoms with Gasteiger partial charge in [-0.1, -0.05) is 0 Å². The van der Waals surface area contributed by atoms with Crippen LogP contribution in [0.1, 0.15) is 30.1 Å². The quantitative estimate of drug-likeness (QED) is 0.267. The SMILES string of the molecule is CNC(=O)c1ccc(Nc2nc(OC3CCOCC3)c3c(-c4ccnc(NC(C)=O)c4)c[nH]c3n2)c(OC)c1. The van der Waals surface area contributed by atoms with Crippen molar-refractivity contribution in [1.29, 1.82) is 0 Å². The first-order chi connectivity index (χ1) is 18.9. The van der Waals surface area contributed by atoms with E-state index in [0.717, 1.165) is 24.0 Å². The molecule has 0 radical (unpaired) electrons. The zero-order valence-electron chi connectivity index (χ0n) is 21.8. The van der Waals surface area contributed by atoms with E-state index >= 15 is 0 Å². The molecule has 1 fully saturated rings. The molecule has 1 aromatic carbocycles. The van der Waals surface area contributed by atoms with Crippen molar-refractivity contribution >= 4 is 40.3 Å². The van der Waals surface area contributed by atoms with Gasteiger partial charge < -0.3 is 35.1 Å². The first kappa shape index (κ1) is 25.9. The number of carbonyl (C=O) groups is 2. The number of methoxy groups -OCH3 is 1. The van der Waals surface area contributed by atoms with E-state index in [-0.39, 0.29) is 23.9 Å². The molecular formula is C27H29N7O5. The van der Waals surface area contributed by atoms with Gasteiger partial charge in [0.25, 0.3) is 5.91 Å². The van der Waals surface area contributed by atoms with Crippen LogP contribution in [0.5, 0.6) is 11.6 Å². The summed E-state index contributed by atoms with van der Waals surface area (Å²) in [7, 11) is 3.10. The largest absolute Gasteiger partial charge is 0.495 e. The number of benzene rings is 1. The van der Waals surface area contributed by atoms with Crippen molar-refractivity contribution in [3.05, 3.63) is 48.3 Å². The van der Waals surface area contributed by atoms with Gasteiger partial charge in [-0.3, -0.25) is 9.59 Å². The summed E-state index contributed by atoms with van der Waals surface area (Å²) in [5, 5.41) is 9.22. The standard InChI is InChI=1S/C27H29N7O5/c1-15(35)31-22-13-16(6-9-29-22)19-14-30-24-23(19)26(39-18-7-10-38-11-8-18)34-27(33-24)32-20-5-4-17(25(36)28-2)12-21(20)37-3/h4-6,9,12-14,18H,7-8,10-11H2,1-3H3,(H,28,36)(H,29,31,35)(H2,30,32,33,34). The third-order valence-corrected chi connectivity index (χ3v) is 6.26. The van der Waals surface area contributed by atoms with Gasteiger partial charge in [0.2, 0.25) is 17.7 Å². The molecule has 12 nitrogen and oxygen atoms in total. The van der Waals surface area contributed by atoms with Gasteiger partial charge in [-0.15, -0.1) is 0 Å². The van der Waals surface area contributed by atoms with Crippen LogP contribution in [0.25, 0.3) is 22.2 Å². The number of aromatic amines is 1. The highest BCUT2D eigenvalue weighted by atomic mass is 16.5. The Morgan fingerprint density at radius 3 is 2.69 bits per heavy atom. The lowest BCUT2D eigenvalue weighted by molar-refractivity contribution is -0.114. The first-order valence-electron chi connectivity index (χ1n) is 12.5. The molecule has 0 bridgehead atoms. The highest BCUT2D eigenvalue weighted by Crippen LogP contribution is 2.37. The summed E-state index contributed by atoms with van der Waals surface area (Å²) in [5.41, 5.74) is 3.23. The van der Waals surface area contributed by atoms with Crippen LogP contribution in [-0.4, -0.2) is 65.2 Å². The van der Waals surface area contributed by atoms with Crippen LogP contribution in [0.2, 0.25) is 0 Å². The Morgan fingerprint density at radius 1 is 1.13 bits per heavy atom. The molecule has 1 aliphatic heterocycles. The van der Waals surface area contributed by atoms with Gasteiger partial charge in [0, 0.05) is 50.3 Å². The lowest BCUT2D eigenvalue weighted by Crippen LogP contribution is -2.26. The fourth-order valence-electron chi connectivity index (χ4n) is 4.37. The number of hydrogen-bond acceptors (Lipinski definition) is 9. The van der Waals surface area contributed by atoms with Gasteiger partial charge in [-0.2, -0.15) is 9.97 Å². The second-order valence-corrected chi connectivity index (χ2v) is 8.94. The third-order valence-electron chi connectivity index (χ3n) is 6.26. The fraction of sp³-hybridized carbons (Fsp3) is 0.296. The summed E-state index contributed by atoms with van der Waals surface area (Å²) in [6, 6.07) is 8.69. The zero-order chi connectivity index (χ0) is 27.4. The van der Waals surface area contributed by atoms with E-state index in [0.29, 0.717) is 52.9 Å². The van der Waals surface area contributed by atoms with Crippen molar-refractivity contribution in [2.45, 2.75) is 25.9 Å². The molecular weight excluding hydrogens is 502 g/mol. The Morgan fingerprint density at radius 2 is 1.95 bits per heavy atom. The number of hydrogen-bond donors (Lipinski definition) is 4. The molecule has 4 N–H and O–H groups in total. The van der Waals surface area contributed by atoms with E-state index < -0.39 is 0 Å².